The zero-order valence-corrected chi connectivity index (χ0v) is 10.8. The maximum absolute atomic E-state index is 11.8. The van der Waals surface area contributed by atoms with Gasteiger partial charge >= 0.3 is 5.97 Å². The van der Waals surface area contributed by atoms with E-state index >= 15 is 0 Å². The molecule has 0 atom stereocenters. The minimum absolute atomic E-state index is 0.139. The van der Waals surface area contributed by atoms with Gasteiger partial charge in [0.25, 0.3) is 0 Å². The van der Waals surface area contributed by atoms with E-state index < -0.39 is 5.97 Å². The summed E-state index contributed by atoms with van der Waals surface area (Å²) in [6.07, 6.45) is 0.408. The minimum Gasteiger partial charge on any atom is -0.479 e. The summed E-state index contributed by atoms with van der Waals surface area (Å²) in [6, 6.07) is 9.60. The second-order valence-electron chi connectivity index (χ2n) is 3.66. The molecule has 0 saturated heterocycles. The smallest absolute Gasteiger partial charge is 0.339 e. The number of hydrogen-bond acceptors (Lipinski definition) is 4. The summed E-state index contributed by atoms with van der Waals surface area (Å²) >= 11 is 0. The Kier molecular flexibility index (Phi) is 5.77. The number of carbonyl (C=O) groups is 1. The molecule has 0 spiro atoms. The first-order chi connectivity index (χ1) is 8.69. The highest BCUT2D eigenvalue weighted by Crippen LogP contribution is 2.12. The van der Waals surface area contributed by atoms with Gasteiger partial charge in [-0.05, 0) is 19.4 Å². The predicted molar refractivity (Wildman–Crippen MR) is 69.6 cm³/mol. The Balaban J connectivity index is 2.91. The second-order valence-corrected chi connectivity index (χ2v) is 3.66. The van der Waals surface area contributed by atoms with Crippen LogP contribution in [0.5, 0.6) is 0 Å². The molecule has 0 radical (unpaired) electrons. The van der Waals surface area contributed by atoms with Gasteiger partial charge in [0.1, 0.15) is 5.57 Å². The van der Waals surface area contributed by atoms with Crippen LogP contribution in [0.3, 0.4) is 0 Å². The topological polar surface area (TPSA) is 61.5 Å². The van der Waals surface area contributed by atoms with Crippen LogP contribution in [0, 0.1) is 0 Å². The van der Waals surface area contributed by atoms with Gasteiger partial charge in [-0.2, -0.15) is 0 Å². The van der Waals surface area contributed by atoms with Crippen LogP contribution in [0.1, 0.15) is 19.4 Å². The molecule has 18 heavy (non-hydrogen) atoms. The molecule has 98 valence electrons. The minimum atomic E-state index is -0.424. The maximum Gasteiger partial charge on any atom is 0.339 e. The average molecular weight is 249 g/mol. The molecule has 2 N–H and O–H groups in total. The van der Waals surface area contributed by atoms with E-state index in [0.29, 0.717) is 25.2 Å². The number of rotatable bonds is 6. The standard InChI is InChI=1S/C14H19NO3/c1-3-17-13(15)12(14(16)18-4-2)10-11-8-6-5-7-9-11/h5-9H,3-4,10,15H2,1-2H3. The normalized spacial score (nSPS) is 11.7. The molecule has 0 aliphatic carbocycles. The van der Waals surface area contributed by atoms with Crippen LogP contribution in [0.4, 0.5) is 0 Å². The van der Waals surface area contributed by atoms with Crippen molar-refractivity contribution >= 4 is 5.97 Å². The molecule has 0 aromatic heterocycles. The number of ether oxygens (including phenoxy) is 2. The van der Waals surface area contributed by atoms with E-state index in [1.165, 1.54) is 0 Å². The molecule has 1 rings (SSSR count). The number of benzene rings is 1. The molecule has 0 saturated carbocycles. The Bertz CT molecular complexity index is 412. The first-order valence-electron chi connectivity index (χ1n) is 6.01. The summed E-state index contributed by atoms with van der Waals surface area (Å²) < 4.78 is 10.2. The van der Waals surface area contributed by atoms with Gasteiger partial charge in [0.05, 0.1) is 13.2 Å². The van der Waals surface area contributed by atoms with Crippen LogP contribution in [-0.4, -0.2) is 19.2 Å². The van der Waals surface area contributed by atoms with E-state index in [0.717, 1.165) is 5.56 Å². The van der Waals surface area contributed by atoms with Crippen LogP contribution in [0.2, 0.25) is 0 Å². The molecule has 1 aromatic carbocycles. The molecule has 4 nitrogen and oxygen atoms in total. The Morgan fingerprint density at radius 2 is 1.72 bits per heavy atom. The number of carbonyl (C=O) groups excluding carboxylic acids is 1. The van der Waals surface area contributed by atoms with Gasteiger partial charge in [-0.25, -0.2) is 4.79 Å². The molecule has 0 aliphatic heterocycles. The predicted octanol–water partition coefficient (Wildman–Crippen LogP) is 2.00. The van der Waals surface area contributed by atoms with E-state index in [9.17, 15) is 4.79 Å². The van der Waals surface area contributed by atoms with Crippen LogP contribution in [0.25, 0.3) is 0 Å². The molecule has 1 aromatic rings. The van der Waals surface area contributed by atoms with Gasteiger partial charge in [0.15, 0.2) is 5.88 Å². The Labute approximate surface area is 107 Å². The van der Waals surface area contributed by atoms with Gasteiger partial charge in [0, 0.05) is 6.42 Å². The molecule has 0 unspecified atom stereocenters. The summed E-state index contributed by atoms with van der Waals surface area (Å²) in [7, 11) is 0. The van der Waals surface area contributed by atoms with Crippen LogP contribution >= 0.6 is 0 Å². The summed E-state index contributed by atoms with van der Waals surface area (Å²) in [4.78, 5) is 11.8. The quantitative estimate of drug-likeness (QED) is 0.476. The molecular formula is C14H19NO3. The third-order valence-corrected chi connectivity index (χ3v) is 2.34. The van der Waals surface area contributed by atoms with E-state index in [1.807, 2.05) is 37.3 Å². The SMILES string of the molecule is CCOC(=O)C(Cc1ccccc1)=C(N)OCC. The fourth-order valence-electron chi connectivity index (χ4n) is 1.52. The molecule has 0 bridgehead atoms. The lowest BCUT2D eigenvalue weighted by atomic mass is 10.1. The molecule has 0 heterocycles. The van der Waals surface area contributed by atoms with Crippen molar-refractivity contribution in [1.29, 1.82) is 0 Å². The van der Waals surface area contributed by atoms with Gasteiger partial charge in [-0.1, -0.05) is 30.3 Å². The molecule has 4 heteroatoms. The number of nitrogens with two attached hydrogens (primary N) is 1. The number of hydrogen-bond donors (Lipinski definition) is 1. The second kappa shape index (κ2) is 7.37. The zero-order chi connectivity index (χ0) is 13.4. The van der Waals surface area contributed by atoms with Gasteiger partial charge in [0.2, 0.25) is 0 Å². The van der Waals surface area contributed by atoms with E-state index in [-0.39, 0.29) is 5.88 Å². The lowest BCUT2D eigenvalue weighted by Crippen LogP contribution is -2.18. The molecule has 0 aliphatic rings. The van der Waals surface area contributed by atoms with Crippen molar-refractivity contribution in [3.05, 3.63) is 47.4 Å². The van der Waals surface area contributed by atoms with Gasteiger partial charge in [-0.3, -0.25) is 0 Å². The highest BCUT2D eigenvalue weighted by molar-refractivity contribution is 5.89. The van der Waals surface area contributed by atoms with Gasteiger partial charge < -0.3 is 15.2 Å². The Morgan fingerprint density at radius 3 is 2.28 bits per heavy atom. The fraction of sp³-hybridized carbons (Fsp3) is 0.357. The lowest BCUT2D eigenvalue weighted by Gasteiger charge is -2.11. The summed E-state index contributed by atoms with van der Waals surface area (Å²) in [5.74, 6) is -0.285. The Morgan fingerprint density at radius 1 is 1.11 bits per heavy atom. The van der Waals surface area contributed by atoms with Crippen LogP contribution in [0.15, 0.2) is 41.8 Å². The number of esters is 1. The van der Waals surface area contributed by atoms with E-state index in [1.54, 1.807) is 6.92 Å². The summed E-state index contributed by atoms with van der Waals surface area (Å²) in [6.45, 7) is 4.31. The van der Waals surface area contributed by atoms with E-state index in [2.05, 4.69) is 0 Å². The van der Waals surface area contributed by atoms with Crippen LogP contribution < -0.4 is 5.73 Å². The van der Waals surface area contributed by atoms with Crippen molar-refractivity contribution in [3.63, 3.8) is 0 Å². The Hall–Kier alpha value is -1.97. The first kappa shape index (κ1) is 14.1. The van der Waals surface area contributed by atoms with Crippen molar-refractivity contribution in [1.82, 2.24) is 0 Å². The third kappa shape index (κ3) is 4.13. The largest absolute Gasteiger partial charge is 0.479 e. The average Bonchev–Trinajstić information content (AvgIpc) is 2.37. The van der Waals surface area contributed by atoms with Crippen LogP contribution in [-0.2, 0) is 20.7 Å². The van der Waals surface area contributed by atoms with Crippen molar-refractivity contribution in [3.8, 4) is 0 Å². The molecular weight excluding hydrogens is 230 g/mol. The highest BCUT2D eigenvalue weighted by atomic mass is 16.5. The fourth-order valence-corrected chi connectivity index (χ4v) is 1.52. The van der Waals surface area contributed by atoms with Crippen molar-refractivity contribution < 1.29 is 14.3 Å². The van der Waals surface area contributed by atoms with Gasteiger partial charge in [-0.15, -0.1) is 0 Å². The first-order valence-corrected chi connectivity index (χ1v) is 6.01. The summed E-state index contributed by atoms with van der Waals surface area (Å²) in [5, 5.41) is 0. The highest BCUT2D eigenvalue weighted by Gasteiger charge is 2.16. The van der Waals surface area contributed by atoms with E-state index in [4.69, 9.17) is 15.2 Å². The van der Waals surface area contributed by atoms with Crippen molar-refractivity contribution in [2.75, 3.05) is 13.2 Å². The van der Waals surface area contributed by atoms with Crippen molar-refractivity contribution in [2.24, 2.45) is 5.73 Å². The molecule has 0 fully saturated rings. The third-order valence-electron chi connectivity index (χ3n) is 2.34. The monoisotopic (exact) mass is 249 g/mol. The molecule has 0 amide bonds. The van der Waals surface area contributed by atoms with Crippen molar-refractivity contribution in [2.45, 2.75) is 20.3 Å². The summed E-state index contributed by atoms with van der Waals surface area (Å²) in [5.41, 5.74) is 7.12. The lowest BCUT2D eigenvalue weighted by molar-refractivity contribution is -0.138. The maximum atomic E-state index is 11.8. The zero-order valence-electron chi connectivity index (χ0n) is 10.8.